The van der Waals surface area contributed by atoms with Crippen LogP contribution in [-0.4, -0.2) is 38.8 Å². The van der Waals surface area contributed by atoms with Crippen LogP contribution in [0.4, 0.5) is 5.69 Å². The molecule has 0 saturated heterocycles. The Bertz CT molecular complexity index is 1040. The van der Waals surface area contributed by atoms with Crippen LogP contribution in [0, 0.1) is 0 Å². The molecule has 1 N–H and O–H groups in total. The normalized spacial score (nSPS) is 15.4. The van der Waals surface area contributed by atoms with Gasteiger partial charge in [0.25, 0.3) is 0 Å². The molecule has 0 radical (unpaired) electrons. The third-order valence-corrected chi connectivity index (χ3v) is 5.13. The summed E-state index contributed by atoms with van der Waals surface area (Å²) < 4.78 is 30.3. The van der Waals surface area contributed by atoms with E-state index in [1.54, 1.807) is 31.4 Å². The Hall–Kier alpha value is -2.67. The van der Waals surface area contributed by atoms with Gasteiger partial charge in [0.15, 0.2) is 5.78 Å². The second-order valence-electron chi connectivity index (χ2n) is 7.62. The van der Waals surface area contributed by atoms with Crippen molar-refractivity contribution in [3.05, 3.63) is 59.2 Å². The number of fused-ring (bicyclic) bond motifs is 1. The quantitative estimate of drug-likeness (QED) is 0.753. The van der Waals surface area contributed by atoms with Gasteiger partial charge in [-0.05, 0) is 62.2 Å². The van der Waals surface area contributed by atoms with Crippen LogP contribution in [0.2, 0.25) is 0 Å². The van der Waals surface area contributed by atoms with Gasteiger partial charge in [-0.1, -0.05) is 6.07 Å². The predicted molar refractivity (Wildman–Crippen MR) is 111 cm³/mol. The number of ether oxygens (including phenoxy) is 1. The van der Waals surface area contributed by atoms with Gasteiger partial charge in [0, 0.05) is 16.8 Å². The molecule has 0 atom stereocenters. The van der Waals surface area contributed by atoms with Crippen molar-refractivity contribution in [1.82, 2.24) is 0 Å². The fraction of sp³-hybridized carbons (Fsp3) is 0.333. The zero-order chi connectivity index (χ0) is 20.5. The molecule has 0 aromatic heterocycles. The standard InChI is InChI=1S/C21H24N2O4S/c1-21(2)13-15-7-10-17(27-3)11-18(15)19(22-21)12-20(24)14-5-8-16(9-6-14)23-28(4,25)26/h5-11,23H,12-13H2,1-4H3. The van der Waals surface area contributed by atoms with Crippen LogP contribution in [0.5, 0.6) is 5.75 Å². The van der Waals surface area contributed by atoms with Crippen LogP contribution in [0.15, 0.2) is 47.5 Å². The number of hydrogen-bond donors (Lipinski definition) is 1. The van der Waals surface area contributed by atoms with Gasteiger partial charge in [0.05, 0.1) is 31.0 Å². The van der Waals surface area contributed by atoms with Gasteiger partial charge in [-0.3, -0.25) is 14.5 Å². The molecule has 3 rings (SSSR count). The number of ketones is 1. The van der Waals surface area contributed by atoms with Crippen molar-refractivity contribution in [2.24, 2.45) is 4.99 Å². The van der Waals surface area contributed by atoms with Gasteiger partial charge < -0.3 is 4.74 Å². The van der Waals surface area contributed by atoms with E-state index in [1.807, 2.05) is 18.2 Å². The number of rotatable bonds is 6. The van der Waals surface area contributed by atoms with Crippen molar-refractivity contribution >= 4 is 27.2 Å². The van der Waals surface area contributed by atoms with E-state index in [0.29, 0.717) is 11.3 Å². The minimum atomic E-state index is -3.35. The number of nitrogens with zero attached hydrogens (tertiary/aromatic N) is 1. The van der Waals surface area contributed by atoms with E-state index in [-0.39, 0.29) is 17.7 Å². The lowest BCUT2D eigenvalue weighted by atomic mass is 9.85. The highest BCUT2D eigenvalue weighted by Gasteiger charge is 2.28. The van der Waals surface area contributed by atoms with Crippen LogP contribution in [-0.2, 0) is 16.4 Å². The highest BCUT2D eigenvalue weighted by atomic mass is 32.2. The molecule has 0 amide bonds. The zero-order valence-electron chi connectivity index (χ0n) is 16.4. The molecule has 0 aliphatic carbocycles. The molecule has 148 valence electrons. The minimum Gasteiger partial charge on any atom is -0.497 e. The lowest BCUT2D eigenvalue weighted by molar-refractivity contribution is 0.100. The van der Waals surface area contributed by atoms with Crippen molar-refractivity contribution in [3.8, 4) is 5.75 Å². The summed E-state index contributed by atoms with van der Waals surface area (Å²) in [6.45, 7) is 4.10. The van der Waals surface area contributed by atoms with Gasteiger partial charge in [-0.15, -0.1) is 0 Å². The minimum absolute atomic E-state index is 0.0730. The van der Waals surface area contributed by atoms with Gasteiger partial charge in [-0.2, -0.15) is 0 Å². The molecule has 0 bridgehead atoms. The molecule has 28 heavy (non-hydrogen) atoms. The Kier molecular flexibility index (Phi) is 5.30. The second kappa shape index (κ2) is 7.39. The van der Waals surface area contributed by atoms with E-state index < -0.39 is 10.0 Å². The molecule has 7 heteroatoms. The summed E-state index contributed by atoms with van der Waals surface area (Å²) in [4.78, 5) is 17.6. The first-order valence-corrected chi connectivity index (χ1v) is 10.8. The molecular formula is C21H24N2O4S. The fourth-order valence-corrected chi connectivity index (χ4v) is 3.93. The molecule has 6 nitrogen and oxygen atoms in total. The summed E-state index contributed by atoms with van der Waals surface area (Å²) >= 11 is 0. The number of Topliss-reactive ketones (excluding diaryl/α,β-unsaturated/α-hetero) is 1. The Morgan fingerprint density at radius 3 is 2.46 bits per heavy atom. The number of methoxy groups -OCH3 is 1. The molecule has 1 aliphatic rings. The van der Waals surface area contributed by atoms with E-state index >= 15 is 0 Å². The van der Waals surface area contributed by atoms with Crippen molar-refractivity contribution in [3.63, 3.8) is 0 Å². The number of aliphatic imine (C=N–C) groups is 1. The second-order valence-corrected chi connectivity index (χ2v) is 9.37. The van der Waals surface area contributed by atoms with Crippen molar-refractivity contribution in [2.45, 2.75) is 32.2 Å². The molecule has 2 aromatic rings. The van der Waals surface area contributed by atoms with Gasteiger partial charge in [-0.25, -0.2) is 8.42 Å². The van der Waals surface area contributed by atoms with Crippen molar-refractivity contribution < 1.29 is 17.9 Å². The third kappa shape index (κ3) is 4.78. The Balaban J connectivity index is 1.86. The number of sulfonamides is 1. The first-order chi connectivity index (χ1) is 13.1. The summed E-state index contributed by atoms with van der Waals surface area (Å²) in [6.07, 6.45) is 2.05. The number of nitrogens with one attached hydrogen (secondary N) is 1. The Labute approximate surface area is 165 Å². The third-order valence-electron chi connectivity index (χ3n) is 4.53. The maximum atomic E-state index is 12.8. The van der Waals surface area contributed by atoms with Crippen LogP contribution < -0.4 is 9.46 Å². The summed E-state index contributed by atoms with van der Waals surface area (Å²) in [5, 5.41) is 0. The fourth-order valence-electron chi connectivity index (χ4n) is 3.36. The SMILES string of the molecule is COc1ccc2c(c1)C(CC(=O)c1ccc(NS(C)(=O)=O)cc1)=NC(C)(C)C2. The van der Waals surface area contributed by atoms with Gasteiger partial charge >= 0.3 is 0 Å². The van der Waals surface area contributed by atoms with E-state index in [4.69, 9.17) is 9.73 Å². The Morgan fingerprint density at radius 1 is 1.18 bits per heavy atom. The average molecular weight is 401 g/mol. The van der Waals surface area contributed by atoms with Crippen LogP contribution >= 0.6 is 0 Å². The number of benzene rings is 2. The highest BCUT2D eigenvalue weighted by Crippen LogP contribution is 2.31. The number of anilines is 1. The largest absolute Gasteiger partial charge is 0.497 e. The molecule has 0 fully saturated rings. The summed E-state index contributed by atoms with van der Waals surface area (Å²) in [5.74, 6) is 0.658. The van der Waals surface area contributed by atoms with E-state index in [2.05, 4.69) is 18.6 Å². The first-order valence-electron chi connectivity index (χ1n) is 8.93. The summed E-state index contributed by atoms with van der Waals surface area (Å²) in [5.41, 5.74) is 3.49. The van der Waals surface area contributed by atoms with Gasteiger partial charge in [0.1, 0.15) is 5.75 Å². The predicted octanol–water partition coefficient (Wildman–Crippen LogP) is 3.46. The van der Waals surface area contributed by atoms with Crippen LogP contribution in [0.1, 0.15) is 41.8 Å². The van der Waals surface area contributed by atoms with E-state index in [1.165, 1.54) is 0 Å². The molecule has 0 saturated carbocycles. The summed E-state index contributed by atoms with van der Waals surface area (Å²) in [7, 11) is -1.74. The van der Waals surface area contributed by atoms with Crippen molar-refractivity contribution in [1.29, 1.82) is 0 Å². The highest BCUT2D eigenvalue weighted by molar-refractivity contribution is 7.92. The molecular weight excluding hydrogens is 376 g/mol. The molecule has 0 spiro atoms. The maximum absolute atomic E-state index is 12.8. The van der Waals surface area contributed by atoms with Gasteiger partial charge in [0.2, 0.25) is 10.0 Å². The zero-order valence-corrected chi connectivity index (χ0v) is 17.3. The van der Waals surface area contributed by atoms with Crippen LogP contribution in [0.3, 0.4) is 0 Å². The van der Waals surface area contributed by atoms with Crippen molar-refractivity contribution in [2.75, 3.05) is 18.1 Å². The first kappa shape index (κ1) is 20.1. The average Bonchev–Trinajstić information content (AvgIpc) is 2.59. The number of carbonyl (C=O) groups excluding carboxylic acids is 1. The number of hydrogen-bond acceptors (Lipinski definition) is 5. The molecule has 1 heterocycles. The topological polar surface area (TPSA) is 84.8 Å². The molecule has 1 aliphatic heterocycles. The monoisotopic (exact) mass is 400 g/mol. The Morgan fingerprint density at radius 2 is 1.86 bits per heavy atom. The number of carbonyl (C=O) groups is 1. The lowest BCUT2D eigenvalue weighted by Crippen LogP contribution is -2.30. The maximum Gasteiger partial charge on any atom is 0.229 e. The molecule has 2 aromatic carbocycles. The summed E-state index contributed by atoms with van der Waals surface area (Å²) in [6, 6.07) is 12.3. The molecule has 0 unspecified atom stereocenters. The van der Waals surface area contributed by atoms with E-state index in [0.717, 1.165) is 35.3 Å². The smallest absolute Gasteiger partial charge is 0.229 e. The van der Waals surface area contributed by atoms with E-state index in [9.17, 15) is 13.2 Å². The van der Waals surface area contributed by atoms with Crippen LogP contribution in [0.25, 0.3) is 0 Å². The lowest BCUT2D eigenvalue weighted by Gasteiger charge is -2.29.